The van der Waals surface area contributed by atoms with Crippen molar-refractivity contribution in [3.63, 3.8) is 0 Å². The van der Waals surface area contributed by atoms with E-state index in [2.05, 4.69) is 42.6 Å². The molecule has 0 aliphatic rings. The Bertz CT molecular complexity index is 860. The summed E-state index contributed by atoms with van der Waals surface area (Å²) in [5.41, 5.74) is 2.62. The fourth-order valence-electron chi connectivity index (χ4n) is 2.49. The molecule has 0 unspecified atom stereocenters. The average Bonchev–Trinajstić information content (AvgIpc) is 2.91. The van der Waals surface area contributed by atoms with Gasteiger partial charge in [-0.3, -0.25) is 4.68 Å². The molecule has 3 aromatic heterocycles. The summed E-state index contributed by atoms with van der Waals surface area (Å²) in [6.07, 6.45) is 3.29. The van der Waals surface area contributed by atoms with Gasteiger partial charge in [-0.1, -0.05) is 13.3 Å². The Kier molecular flexibility index (Phi) is 4.41. The number of hydrogen-bond donors (Lipinski definition) is 2. The van der Waals surface area contributed by atoms with Crippen molar-refractivity contribution in [3.8, 4) is 5.88 Å². The molecule has 0 bridgehead atoms. The van der Waals surface area contributed by atoms with Crippen LogP contribution in [-0.4, -0.2) is 43.9 Å². The van der Waals surface area contributed by atoms with Gasteiger partial charge in [-0.05, 0) is 6.42 Å². The van der Waals surface area contributed by atoms with Crippen LogP contribution in [0.1, 0.15) is 19.0 Å². The predicted octanol–water partition coefficient (Wildman–Crippen LogP) is 1.90. The lowest BCUT2D eigenvalue weighted by Crippen LogP contribution is -2.05. The molecule has 0 saturated heterocycles. The molecule has 0 aliphatic carbocycles. The molecule has 3 aromatic rings. The van der Waals surface area contributed by atoms with E-state index in [1.807, 2.05) is 7.05 Å². The molecule has 9 heteroatoms. The maximum absolute atomic E-state index is 5.13. The maximum atomic E-state index is 5.13. The lowest BCUT2D eigenvalue weighted by atomic mass is 10.2. The minimum absolute atomic E-state index is 0.475. The Morgan fingerprint density at radius 3 is 2.79 bits per heavy atom. The van der Waals surface area contributed by atoms with E-state index < -0.39 is 0 Å². The first-order chi connectivity index (χ1) is 11.7. The van der Waals surface area contributed by atoms with Crippen LogP contribution in [0.25, 0.3) is 11.0 Å². The van der Waals surface area contributed by atoms with Gasteiger partial charge < -0.3 is 15.4 Å². The normalized spacial score (nSPS) is 10.8. The van der Waals surface area contributed by atoms with Gasteiger partial charge in [0.15, 0.2) is 5.82 Å². The largest absolute Gasteiger partial charge is 0.481 e. The minimum atomic E-state index is 0.475. The van der Waals surface area contributed by atoms with Crippen LogP contribution in [0.15, 0.2) is 12.4 Å². The number of rotatable bonds is 6. The third kappa shape index (κ3) is 2.92. The van der Waals surface area contributed by atoms with Crippen LogP contribution >= 0.6 is 0 Å². The highest BCUT2D eigenvalue weighted by Crippen LogP contribution is 2.27. The van der Waals surface area contributed by atoms with Crippen LogP contribution in [0.5, 0.6) is 5.88 Å². The molecule has 126 valence electrons. The lowest BCUT2D eigenvalue weighted by molar-refractivity contribution is 0.397. The number of aryl methyl sites for hydroxylation is 2. The highest BCUT2D eigenvalue weighted by Gasteiger charge is 2.17. The van der Waals surface area contributed by atoms with Gasteiger partial charge in [0.2, 0.25) is 11.8 Å². The van der Waals surface area contributed by atoms with Crippen molar-refractivity contribution in [2.24, 2.45) is 7.05 Å². The van der Waals surface area contributed by atoms with Crippen LogP contribution in [0.3, 0.4) is 0 Å². The molecule has 0 radical (unpaired) electrons. The molecule has 0 amide bonds. The summed E-state index contributed by atoms with van der Waals surface area (Å²) in [4.78, 5) is 17.3. The van der Waals surface area contributed by atoms with Gasteiger partial charge in [-0.25, -0.2) is 15.0 Å². The Morgan fingerprint density at radius 2 is 2.08 bits per heavy atom. The molecule has 0 saturated carbocycles. The molecular formula is C15H20N8O. The minimum Gasteiger partial charge on any atom is -0.481 e. The number of anilines is 3. The molecule has 24 heavy (non-hydrogen) atoms. The van der Waals surface area contributed by atoms with Gasteiger partial charge in [0.1, 0.15) is 23.2 Å². The molecule has 3 rings (SSSR count). The smallest absolute Gasteiger partial charge is 0.225 e. The van der Waals surface area contributed by atoms with Gasteiger partial charge in [-0.2, -0.15) is 10.1 Å². The molecule has 0 fully saturated rings. The second-order valence-electron chi connectivity index (χ2n) is 5.23. The Morgan fingerprint density at radius 1 is 1.25 bits per heavy atom. The first-order valence-corrected chi connectivity index (χ1v) is 7.70. The van der Waals surface area contributed by atoms with Gasteiger partial charge >= 0.3 is 0 Å². The fourth-order valence-corrected chi connectivity index (χ4v) is 2.49. The van der Waals surface area contributed by atoms with Crippen LogP contribution in [0.2, 0.25) is 0 Å². The number of methoxy groups -OCH3 is 1. The van der Waals surface area contributed by atoms with Crippen molar-refractivity contribution < 1.29 is 4.74 Å². The van der Waals surface area contributed by atoms with Crippen LogP contribution in [-0.2, 0) is 13.5 Å². The molecule has 0 atom stereocenters. The van der Waals surface area contributed by atoms with Crippen molar-refractivity contribution >= 4 is 28.6 Å². The van der Waals surface area contributed by atoms with E-state index in [0.717, 1.165) is 29.6 Å². The van der Waals surface area contributed by atoms with E-state index in [9.17, 15) is 0 Å². The molecule has 0 aromatic carbocycles. The number of fused-ring (bicyclic) bond motifs is 1. The van der Waals surface area contributed by atoms with Crippen molar-refractivity contribution in [3.05, 3.63) is 18.1 Å². The van der Waals surface area contributed by atoms with E-state index in [1.54, 1.807) is 24.9 Å². The van der Waals surface area contributed by atoms with E-state index in [0.29, 0.717) is 23.5 Å². The zero-order valence-electron chi connectivity index (χ0n) is 14.2. The van der Waals surface area contributed by atoms with Gasteiger partial charge in [0, 0.05) is 20.2 Å². The third-order valence-electron chi connectivity index (χ3n) is 3.56. The quantitative estimate of drug-likeness (QED) is 0.707. The summed E-state index contributed by atoms with van der Waals surface area (Å²) in [7, 11) is 5.23. The summed E-state index contributed by atoms with van der Waals surface area (Å²) >= 11 is 0. The van der Waals surface area contributed by atoms with Crippen LogP contribution in [0, 0.1) is 0 Å². The van der Waals surface area contributed by atoms with Crippen molar-refractivity contribution in [2.45, 2.75) is 19.8 Å². The van der Waals surface area contributed by atoms with E-state index in [1.165, 1.54) is 6.33 Å². The van der Waals surface area contributed by atoms with E-state index in [-0.39, 0.29) is 0 Å². The van der Waals surface area contributed by atoms with Gasteiger partial charge in [0.25, 0.3) is 0 Å². The summed E-state index contributed by atoms with van der Waals surface area (Å²) in [6.45, 7) is 2.12. The highest BCUT2D eigenvalue weighted by atomic mass is 16.5. The highest BCUT2D eigenvalue weighted by molar-refractivity contribution is 5.90. The Hall–Kier alpha value is -2.97. The standard InChI is InChI=1S/C15H20N8O/c1-5-6-9-12-13(23(3)22-9)14(21-15(16-2)20-12)19-10-7-11(24-4)18-8-17-10/h7-8H,5-6H2,1-4H3,(H2,16,17,18,19,20,21). The number of hydrogen-bond acceptors (Lipinski definition) is 8. The summed E-state index contributed by atoms with van der Waals surface area (Å²) in [6, 6.07) is 1.70. The lowest BCUT2D eigenvalue weighted by Gasteiger charge is -2.09. The topological polar surface area (TPSA) is 103 Å². The number of nitrogens with one attached hydrogen (secondary N) is 2. The fraction of sp³-hybridized carbons (Fsp3) is 0.400. The van der Waals surface area contributed by atoms with Gasteiger partial charge in [-0.15, -0.1) is 0 Å². The molecule has 0 spiro atoms. The SMILES string of the molecule is CCCc1nn(C)c2c(Nc3cc(OC)ncn3)nc(NC)nc12. The third-order valence-corrected chi connectivity index (χ3v) is 3.56. The molecule has 9 nitrogen and oxygen atoms in total. The molecule has 2 N–H and O–H groups in total. The first kappa shape index (κ1) is 15.9. The summed E-state index contributed by atoms with van der Waals surface area (Å²) in [5.74, 6) is 2.21. The van der Waals surface area contributed by atoms with E-state index in [4.69, 9.17) is 4.74 Å². The molecule has 3 heterocycles. The van der Waals surface area contributed by atoms with Gasteiger partial charge in [0.05, 0.1) is 12.8 Å². The maximum Gasteiger partial charge on any atom is 0.225 e. The van der Waals surface area contributed by atoms with Crippen LogP contribution in [0.4, 0.5) is 17.6 Å². The van der Waals surface area contributed by atoms with Crippen molar-refractivity contribution in [1.82, 2.24) is 29.7 Å². The van der Waals surface area contributed by atoms with Crippen molar-refractivity contribution in [2.75, 3.05) is 24.8 Å². The summed E-state index contributed by atoms with van der Waals surface area (Å²) in [5, 5.41) is 10.8. The van der Waals surface area contributed by atoms with Crippen LogP contribution < -0.4 is 15.4 Å². The average molecular weight is 328 g/mol. The zero-order valence-corrected chi connectivity index (χ0v) is 14.2. The molecule has 0 aliphatic heterocycles. The monoisotopic (exact) mass is 328 g/mol. The van der Waals surface area contributed by atoms with Crippen molar-refractivity contribution in [1.29, 1.82) is 0 Å². The Labute approximate surface area is 139 Å². The first-order valence-electron chi connectivity index (χ1n) is 7.70. The number of ether oxygens (including phenoxy) is 1. The number of aromatic nitrogens is 6. The summed E-state index contributed by atoms with van der Waals surface area (Å²) < 4.78 is 6.92. The second kappa shape index (κ2) is 6.65. The van der Waals surface area contributed by atoms with E-state index >= 15 is 0 Å². The zero-order chi connectivity index (χ0) is 17.1. The number of nitrogens with zero attached hydrogens (tertiary/aromatic N) is 6. The predicted molar refractivity (Wildman–Crippen MR) is 91.7 cm³/mol. The molecular weight excluding hydrogens is 308 g/mol. The Balaban J connectivity index is 2.11. The second-order valence-corrected chi connectivity index (χ2v) is 5.23.